The van der Waals surface area contributed by atoms with E-state index in [9.17, 15) is 0 Å². The molecular formula is C55H41NO. The minimum atomic E-state index is -0.0641. The van der Waals surface area contributed by atoms with E-state index in [2.05, 4.69) is 201 Å². The average molecular weight is 732 g/mol. The SMILES string of the molecule is CC1(C)c2cc(Nc3ccc(-c4cccc5ccccc45)cc3)ccc2-c2ccc(-c3ccccc3)cc21.c1ccc(-c2ccc3c(c2)oc2ccccc23)cc1. The number of hydrogen-bond acceptors (Lipinski definition) is 2. The molecule has 0 atom stereocenters. The monoisotopic (exact) mass is 731 g/mol. The third kappa shape index (κ3) is 6.36. The van der Waals surface area contributed by atoms with Crippen molar-refractivity contribution in [2.45, 2.75) is 19.3 Å². The van der Waals surface area contributed by atoms with Crippen molar-refractivity contribution in [3.63, 3.8) is 0 Å². The van der Waals surface area contributed by atoms with E-state index < -0.39 is 0 Å². The normalized spacial score (nSPS) is 12.5. The smallest absolute Gasteiger partial charge is 0.136 e. The molecule has 0 spiro atoms. The second-order valence-corrected chi connectivity index (χ2v) is 15.4. The molecule has 1 heterocycles. The summed E-state index contributed by atoms with van der Waals surface area (Å²) in [5.41, 5.74) is 16.9. The molecular weight excluding hydrogens is 691 g/mol. The van der Waals surface area contributed by atoms with Crippen LogP contribution in [0.5, 0.6) is 0 Å². The first-order valence-corrected chi connectivity index (χ1v) is 19.7. The molecule has 0 amide bonds. The van der Waals surface area contributed by atoms with Gasteiger partial charge in [-0.1, -0.05) is 172 Å². The van der Waals surface area contributed by atoms with Crippen LogP contribution in [-0.2, 0) is 5.41 Å². The van der Waals surface area contributed by atoms with Crippen LogP contribution in [-0.4, -0.2) is 0 Å². The molecule has 2 nitrogen and oxygen atoms in total. The van der Waals surface area contributed by atoms with E-state index >= 15 is 0 Å². The van der Waals surface area contributed by atoms with Crippen LogP contribution in [0.1, 0.15) is 25.0 Å². The molecule has 10 aromatic rings. The maximum atomic E-state index is 5.91. The molecule has 0 saturated heterocycles. The Kier molecular flexibility index (Phi) is 8.53. The van der Waals surface area contributed by atoms with E-state index in [0.717, 1.165) is 22.5 Å². The van der Waals surface area contributed by atoms with Gasteiger partial charge in [-0.3, -0.25) is 0 Å². The lowest BCUT2D eigenvalue weighted by Gasteiger charge is -2.23. The fourth-order valence-corrected chi connectivity index (χ4v) is 8.54. The highest BCUT2D eigenvalue weighted by Crippen LogP contribution is 2.50. The molecule has 1 aliphatic rings. The molecule has 57 heavy (non-hydrogen) atoms. The number of fused-ring (bicyclic) bond motifs is 7. The second-order valence-electron chi connectivity index (χ2n) is 15.4. The first-order chi connectivity index (χ1) is 28.0. The van der Waals surface area contributed by atoms with E-state index in [1.54, 1.807) is 0 Å². The number of hydrogen-bond donors (Lipinski definition) is 1. The van der Waals surface area contributed by atoms with Crippen molar-refractivity contribution >= 4 is 44.1 Å². The van der Waals surface area contributed by atoms with Crippen LogP contribution in [0.15, 0.2) is 211 Å². The summed E-state index contributed by atoms with van der Waals surface area (Å²) in [6.45, 7) is 4.68. The summed E-state index contributed by atoms with van der Waals surface area (Å²) in [6, 6.07) is 73.2. The van der Waals surface area contributed by atoms with Crippen LogP contribution in [0.25, 0.3) is 77.2 Å². The van der Waals surface area contributed by atoms with Gasteiger partial charge in [-0.2, -0.15) is 0 Å². The van der Waals surface area contributed by atoms with Gasteiger partial charge in [0.1, 0.15) is 11.2 Å². The van der Waals surface area contributed by atoms with Gasteiger partial charge in [0, 0.05) is 27.6 Å². The topological polar surface area (TPSA) is 25.2 Å². The third-order valence-corrected chi connectivity index (χ3v) is 11.5. The third-order valence-electron chi connectivity index (χ3n) is 11.5. The number of furan rings is 1. The number of benzene rings is 9. The van der Waals surface area contributed by atoms with Gasteiger partial charge in [-0.25, -0.2) is 0 Å². The van der Waals surface area contributed by atoms with Gasteiger partial charge in [0.15, 0.2) is 0 Å². The zero-order valence-electron chi connectivity index (χ0n) is 32.0. The summed E-state index contributed by atoms with van der Waals surface area (Å²) in [6.07, 6.45) is 0. The van der Waals surface area contributed by atoms with E-state index in [1.807, 2.05) is 24.3 Å². The Labute approximate surface area is 333 Å². The number of para-hydroxylation sites is 1. The van der Waals surface area contributed by atoms with Crippen LogP contribution in [0.4, 0.5) is 11.4 Å². The highest BCUT2D eigenvalue weighted by atomic mass is 16.3. The largest absolute Gasteiger partial charge is 0.456 e. The van der Waals surface area contributed by atoms with Crippen molar-refractivity contribution in [3.8, 4) is 44.5 Å². The molecule has 272 valence electrons. The van der Waals surface area contributed by atoms with Gasteiger partial charge < -0.3 is 9.73 Å². The Hall–Kier alpha value is -7.16. The Balaban J connectivity index is 0.000000174. The van der Waals surface area contributed by atoms with E-state index in [0.29, 0.717) is 0 Å². The van der Waals surface area contributed by atoms with Gasteiger partial charge in [-0.05, 0) is 115 Å². The summed E-state index contributed by atoms with van der Waals surface area (Å²) >= 11 is 0. The van der Waals surface area contributed by atoms with E-state index in [-0.39, 0.29) is 5.41 Å². The quantitative estimate of drug-likeness (QED) is 0.191. The number of rotatable bonds is 5. The van der Waals surface area contributed by atoms with Gasteiger partial charge in [0.05, 0.1) is 0 Å². The van der Waals surface area contributed by atoms with Crippen molar-refractivity contribution in [1.29, 1.82) is 0 Å². The van der Waals surface area contributed by atoms with Gasteiger partial charge >= 0.3 is 0 Å². The minimum absolute atomic E-state index is 0.0641. The van der Waals surface area contributed by atoms with Crippen molar-refractivity contribution in [2.24, 2.45) is 0 Å². The summed E-state index contributed by atoms with van der Waals surface area (Å²) in [5, 5.41) is 8.56. The molecule has 0 fully saturated rings. The van der Waals surface area contributed by atoms with Crippen LogP contribution >= 0.6 is 0 Å². The molecule has 0 bridgehead atoms. The van der Waals surface area contributed by atoms with Crippen molar-refractivity contribution in [2.75, 3.05) is 5.32 Å². The molecule has 1 aliphatic carbocycles. The van der Waals surface area contributed by atoms with Gasteiger partial charge in [-0.15, -0.1) is 0 Å². The van der Waals surface area contributed by atoms with E-state index in [1.165, 1.54) is 77.2 Å². The highest BCUT2D eigenvalue weighted by Gasteiger charge is 2.35. The lowest BCUT2D eigenvalue weighted by Crippen LogP contribution is -2.15. The van der Waals surface area contributed by atoms with Crippen LogP contribution in [0.2, 0.25) is 0 Å². The molecule has 1 aromatic heterocycles. The molecule has 0 radical (unpaired) electrons. The summed E-state index contributed by atoms with van der Waals surface area (Å²) < 4.78 is 5.91. The second kappa shape index (κ2) is 14.2. The standard InChI is InChI=1S/C37H29N.C18H12O/c1-37(2)35-23-28(25-9-4-3-5-10-25)17-21-33(35)34-22-20-30(24-36(34)37)38-29-18-15-27(16-19-29)32-14-8-12-26-11-6-7-13-31(26)32;1-2-6-13(7-3-1)14-10-11-16-15-8-4-5-9-17(15)19-18(16)12-14/h3-24,38H,1-2H3;1-12H. The Morgan fingerprint density at radius 2 is 0.895 bits per heavy atom. The summed E-state index contributed by atoms with van der Waals surface area (Å²) in [5.74, 6) is 0. The Morgan fingerprint density at radius 3 is 1.65 bits per heavy atom. The summed E-state index contributed by atoms with van der Waals surface area (Å²) in [4.78, 5) is 0. The molecule has 0 unspecified atom stereocenters. The number of anilines is 2. The lowest BCUT2D eigenvalue weighted by molar-refractivity contribution is 0.661. The van der Waals surface area contributed by atoms with E-state index in [4.69, 9.17) is 4.42 Å². The molecule has 0 saturated carbocycles. The van der Waals surface area contributed by atoms with Gasteiger partial charge in [0.2, 0.25) is 0 Å². The number of nitrogens with one attached hydrogen (secondary N) is 1. The zero-order chi connectivity index (χ0) is 38.3. The maximum Gasteiger partial charge on any atom is 0.136 e. The molecule has 0 aliphatic heterocycles. The van der Waals surface area contributed by atoms with Crippen LogP contribution < -0.4 is 5.32 Å². The first kappa shape index (κ1) is 34.3. The molecule has 1 N–H and O–H groups in total. The van der Waals surface area contributed by atoms with Crippen LogP contribution in [0.3, 0.4) is 0 Å². The van der Waals surface area contributed by atoms with Crippen molar-refractivity contribution < 1.29 is 4.42 Å². The maximum absolute atomic E-state index is 5.91. The molecule has 9 aromatic carbocycles. The van der Waals surface area contributed by atoms with Crippen molar-refractivity contribution in [3.05, 3.63) is 217 Å². The predicted octanol–water partition coefficient (Wildman–Crippen LogP) is 15.5. The van der Waals surface area contributed by atoms with Crippen molar-refractivity contribution in [1.82, 2.24) is 0 Å². The molecule has 11 rings (SSSR count). The zero-order valence-corrected chi connectivity index (χ0v) is 32.0. The lowest BCUT2D eigenvalue weighted by atomic mass is 9.81. The first-order valence-electron chi connectivity index (χ1n) is 19.7. The fraction of sp³-hybridized carbons (Fsp3) is 0.0545. The average Bonchev–Trinajstić information content (AvgIpc) is 3.75. The van der Waals surface area contributed by atoms with Crippen LogP contribution in [0, 0.1) is 0 Å². The fourth-order valence-electron chi connectivity index (χ4n) is 8.54. The predicted molar refractivity (Wildman–Crippen MR) is 241 cm³/mol. The molecule has 2 heteroatoms. The Morgan fingerprint density at radius 1 is 0.351 bits per heavy atom. The highest BCUT2D eigenvalue weighted by molar-refractivity contribution is 6.06. The Bertz CT molecular complexity index is 3040. The minimum Gasteiger partial charge on any atom is -0.456 e. The van der Waals surface area contributed by atoms with Gasteiger partial charge in [0.25, 0.3) is 0 Å². The summed E-state index contributed by atoms with van der Waals surface area (Å²) in [7, 11) is 0.